The summed E-state index contributed by atoms with van der Waals surface area (Å²) in [5, 5.41) is 11.7. The number of likely N-dealkylation sites (N-methyl/N-ethyl adjacent to an activating group) is 1. The number of methoxy groups -OCH3 is 2. The number of carbonyl (C=O) groups is 2. The Labute approximate surface area is 198 Å². The van der Waals surface area contributed by atoms with E-state index >= 15 is 0 Å². The Bertz CT molecular complexity index is 1070. The number of benzene rings is 1. The molecule has 178 valence electrons. The highest BCUT2D eigenvalue weighted by Crippen LogP contribution is 2.44. The molecule has 33 heavy (non-hydrogen) atoms. The molecule has 8 nitrogen and oxygen atoms in total. The maximum absolute atomic E-state index is 13.7. The summed E-state index contributed by atoms with van der Waals surface area (Å²) in [7, 11) is 3.08. The van der Waals surface area contributed by atoms with Gasteiger partial charge in [0.15, 0.2) is 5.76 Å². The number of amides is 1. The van der Waals surface area contributed by atoms with Crippen molar-refractivity contribution in [2.24, 2.45) is 0 Å². The van der Waals surface area contributed by atoms with Crippen molar-refractivity contribution < 1.29 is 24.2 Å². The molecule has 0 bridgehead atoms. The van der Waals surface area contributed by atoms with Crippen molar-refractivity contribution in [1.29, 1.82) is 0 Å². The molecular formula is C24H31N3O5S. The van der Waals surface area contributed by atoms with E-state index in [9.17, 15) is 14.7 Å². The highest BCUT2D eigenvalue weighted by Gasteiger charge is 2.45. The molecule has 1 aliphatic rings. The second-order valence-electron chi connectivity index (χ2n) is 7.77. The largest absolute Gasteiger partial charge is 0.503 e. The lowest BCUT2D eigenvalue weighted by atomic mass is 9.94. The highest BCUT2D eigenvalue weighted by atomic mass is 32.1. The third kappa shape index (κ3) is 4.74. The van der Waals surface area contributed by atoms with Crippen molar-refractivity contribution in [3.05, 3.63) is 50.7 Å². The Kier molecular flexibility index (Phi) is 7.76. The molecule has 1 aromatic carbocycles. The first-order chi connectivity index (χ1) is 15.8. The molecule has 1 aliphatic heterocycles. The number of aromatic nitrogens is 1. The van der Waals surface area contributed by atoms with E-state index < -0.39 is 23.5 Å². The van der Waals surface area contributed by atoms with E-state index in [-0.39, 0.29) is 5.57 Å². The molecule has 0 saturated carbocycles. The smallest absolute Gasteiger partial charge is 0.290 e. The molecule has 9 heteroatoms. The van der Waals surface area contributed by atoms with Crippen LogP contribution in [0.1, 0.15) is 45.8 Å². The van der Waals surface area contributed by atoms with Crippen molar-refractivity contribution >= 4 is 23.0 Å². The van der Waals surface area contributed by atoms with Gasteiger partial charge in [0, 0.05) is 18.7 Å². The Hall–Kier alpha value is -2.91. The standard InChI is InChI=1S/C24H31N3O5S/c1-7-26(8-2)11-12-27-20(17-13-16(31-5)9-10-18(17)32-6)19(22(29)24(27)30)21(28)23-14(3)25-15(4)33-23/h9-10,13,20,29H,7-8,11-12H2,1-6H3/t20-/m0/s1. The van der Waals surface area contributed by atoms with Crippen molar-refractivity contribution in [1.82, 2.24) is 14.8 Å². The lowest BCUT2D eigenvalue weighted by Crippen LogP contribution is -2.38. The number of ketones is 1. The van der Waals surface area contributed by atoms with Gasteiger partial charge < -0.3 is 24.4 Å². The Morgan fingerprint density at radius 1 is 1.21 bits per heavy atom. The van der Waals surface area contributed by atoms with Crippen LogP contribution < -0.4 is 9.47 Å². The number of Topliss-reactive ketones (excluding diaryl/α,β-unsaturated/α-hetero) is 1. The van der Waals surface area contributed by atoms with Gasteiger partial charge >= 0.3 is 0 Å². The summed E-state index contributed by atoms with van der Waals surface area (Å²) in [5.41, 5.74) is 1.20. The van der Waals surface area contributed by atoms with Gasteiger partial charge in [-0.05, 0) is 45.1 Å². The van der Waals surface area contributed by atoms with E-state index in [1.807, 2.05) is 6.92 Å². The van der Waals surface area contributed by atoms with Crippen LogP contribution >= 0.6 is 11.3 Å². The summed E-state index contributed by atoms with van der Waals surface area (Å²) in [6.45, 7) is 10.3. The molecule has 1 N–H and O–H groups in total. The predicted octanol–water partition coefficient (Wildman–Crippen LogP) is 3.70. The van der Waals surface area contributed by atoms with Gasteiger partial charge in [0.05, 0.1) is 41.4 Å². The summed E-state index contributed by atoms with van der Waals surface area (Å²) in [6.07, 6.45) is 0. The number of nitrogens with zero attached hydrogens (tertiary/aromatic N) is 3. The SMILES string of the molecule is CCN(CC)CCN1C(=O)C(O)=C(C(=O)c2sc(C)nc2C)[C@@H]1c1cc(OC)ccc1OC. The molecule has 2 aromatic rings. The number of aliphatic hydroxyl groups excluding tert-OH is 1. The van der Waals surface area contributed by atoms with Crippen LogP contribution in [0, 0.1) is 13.8 Å². The first kappa shape index (κ1) is 24.7. The zero-order valence-electron chi connectivity index (χ0n) is 20.0. The van der Waals surface area contributed by atoms with Gasteiger partial charge in [0.25, 0.3) is 5.91 Å². The van der Waals surface area contributed by atoms with E-state index in [0.29, 0.717) is 40.7 Å². The average Bonchev–Trinajstić information content (AvgIpc) is 3.28. The first-order valence-corrected chi connectivity index (χ1v) is 11.8. The zero-order valence-corrected chi connectivity index (χ0v) is 20.8. The lowest BCUT2D eigenvalue weighted by Gasteiger charge is -2.30. The monoisotopic (exact) mass is 473 g/mol. The highest BCUT2D eigenvalue weighted by molar-refractivity contribution is 7.14. The van der Waals surface area contributed by atoms with Gasteiger partial charge in [-0.1, -0.05) is 13.8 Å². The fourth-order valence-corrected chi connectivity index (χ4v) is 5.02. The first-order valence-electron chi connectivity index (χ1n) is 10.9. The number of hydrogen-bond donors (Lipinski definition) is 1. The molecule has 1 amide bonds. The molecule has 1 aromatic heterocycles. The lowest BCUT2D eigenvalue weighted by molar-refractivity contribution is -0.129. The number of aliphatic hydroxyl groups is 1. The van der Waals surface area contributed by atoms with Gasteiger partial charge in [-0.25, -0.2) is 4.98 Å². The van der Waals surface area contributed by atoms with Crippen molar-refractivity contribution in [3.8, 4) is 11.5 Å². The minimum absolute atomic E-state index is 0.0397. The number of ether oxygens (including phenoxy) is 2. The maximum Gasteiger partial charge on any atom is 0.290 e. The number of thiazole rings is 1. The number of rotatable bonds is 10. The van der Waals surface area contributed by atoms with Crippen LogP contribution in [0.5, 0.6) is 11.5 Å². The zero-order chi connectivity index (χ0) is 24.3. The summed E-state index contributed by atoms with van der Waals surface area (Å²) in [6, 6.07) is 4.42. The van der Waals surface area contributed by atoms with Crippen LogP contribution in [0.4, 0.5) is 0 Å². The minimum Gasteiger partial charge on any atom is -0.503 e. The molecular weight excluding hydrogens is 442 g/mol. The molecule has 0 fully saturated rings. The molecule has 0 spiro atoms. The van der Waals surface area contributed by atoms with Crippen molar-refractivity contribution in [3.63, 3.8) is 0 Å². The second-order valence-corrected chi connectivity index (χ2v) is 8.98. The molecule has 1 atom stereocenters. The van der Waals surface area contributed by atoms with Gasteiger partial charge in [-0.2, -0.15) is 0 Å². The summed E-state index contributed by atoms with van der Waals surface area (Å²) in [4.78, 5) is 35.4. The van der Waals surface area contributed by atoms with Crippen LogP contribution in [0.15, 0.2) is 29.5 Å². The van der Waals surface area contributed by atoms with E-state index in [2.05, 4.69) is 23.7 Å². The number of aryl methyl sites for hydroxylation is 2. The van der Waals surface area contributed by atoms with E-state index in [1.54, 1.807) is 37.1 Å². The minimum atomic E-state index is -0.813. The van der Waals surface area contributed by atoms with E-state index in [1.165, 1.54) is 18.4 Å². The fraction of sp³-hybridized carbons (Fsp3) is 0.458. The van der Waals surface area contributed by atoms with Crippen molar-refractivity contribution in [2.45, 2.75) is 33.7 Å². The van der Waals surface area contributed by atoms with Gasteiger partial charge in [0.2, 0.25) is 5.78 Å². The quantitative estimate of drug-likeness (QED) is 0.526. The van der Waals surface area contributed by atoms with Crippen molar-refractivity contribution in [2.75, 3.05) is 40.4 Å². The summed E-state index contributed by atoms with van der Waals surface area (Å²) < 4.78 is 11.0. The Morgan fingerprint density at radius 2 is 1.91 bits per heavy atom. The molecule has 3 rings (SSSR count). The third-order valence-electron chi connectivity index (χ3n) is 5.94. The van der Waals surface area contributed by atoms with Gasteiger partial charge in [-0.3, -0.25) is 9.59 Å². The molecule has 0 unspecified atom stereocenters. The van der Waals surface area contributed by atoms with Crippen LogP contribution in [-0.4, -0.2) is 72.0 Å². The van der Waals surface area contributed by atoms with Crippen LogP contribution in [0.25, 0.3) is 0 Å². The van der Waals surface area contributed by atoms with E-state index in [0.717, 1.165) is 18.1 Å². The average molecular weight is 474 g/mol. The van der Waals surface area contributed by atoms with Crippen LogP contribution in [0.3, 0.4) is 0 Å². The number of hydrogen-bond acceptors (Lipinski definition) is 8. The molecule has 2 heterocycles. The summed E-state index contributed by atoms with van der Waals surface area (Å²) in [5.74, 6) is -0.438. The molecule has 0 radical (unpaired) electrons. The van der Waals surface area contributed by atoms with Crippen LogP contribution in [0.2, 0.25) is 0 Å². The van der Waals surface area contributed by atoms with Gasteiger partial charge in [0.1, 0.15) is 11.5 Å². The second kappa shape index (κ2) is 10.4. The summed E-state index contributed by atoms with van der Waals surface area (Å²) >= 11 is 1.25. The number of carbonyl (C=O) groups excluding carboxylic acids is 2. The van der Waals surface area contributed by atoms with E-state index in [4.69, 9.17) is 9.47 Å². The Balaban J connectivity index is 2.15. The van der Waals surface area contributed by atoms with Gasteiger partial charge in [-0.15, -0.1) is 11.3 Å². The molecule has 0 saturated heterocycles. The fourth-order valence-electron chi connectivity index (χ4n) is 4.15. The van der Waals surface area contributed by atoms with Crippen LogP contribution in [-0.2, 0) is 4.79 Å². The topological polar surface area (TPSA) is 92.2 Å². The molecule has 0 aliphatic carbocycles. The maximum atomic E-state index is 13.7. The predicted molar refractivity (Wildman–Crippen MR) is 127 cm³/mol. The Morgan fingerprint density at radius 3 is 2.45 bits per heavy atom. The normalized spacial score (nSPS) is 16.2. The third-order valence-corrected chi connectivity index (χ3v) is 7.01.